The smallest absolute Gasteiger partial charge is 0.257 e. The quantitative estimate of drug-likeness (QED) is 0.337. The first kappa shape index (κ1) is 26.9. The van der Waals surface area contributed by atoms with Crippen molar-refractivity contribution >= 4 is 11.9 Å². The number of halogens is 2. The van der Waals surface area contributed by atoms with E-state index in [9.17, 15) is 13.6 Å². The van der Waals surface area contributed by atoms with Crippen molar-refractivity contribution in [3.8, 4) is 17.1 Å². The summed E-state index contributed by atoms with van der Waals surface area (Å²) in [7, 11) is 1.47. The van der Waals surface area contributed by atoms with E-state index in [1.54, 1.807) is 12.4 Å². The number of nitrogens with zero attached hydrogens (tertiary/aromatic N) is 5. The summed E-state index contributed by atoms with van der Waals surface area (Å²) in [5.74, 6) is 0.164. The minimum atomic E-state index is -0.956. The van der Waals surface area contributed by atoms with E-state index in [0.717, 1.165) is 69.3 Å². The number of ether oxygens (including phenoxy) is 2. The van der Waals surface area contributed by atoms with Crippen molar-refractivity contribution < 1.29 is 27.6 Å². The Bertz CT molecular complexity index is 1240. The van der Waals surface area contributed by atoms with Gasteiger partial charge >= 0.3 is 0 Å². The molecule has 1 N–H and O–H groups in total. The first-order valence-electron chi connectivity index (χ1n) is 13.3. The van der Waals surface area contributed by atoms with Crippen LogP contribution in [-0.2, 0) is 4.74 Å². The normalized spacial score (nSPS) is 15.9. The number of methoxy groups -OCH3 is 1. The maximum absolute atomic E-state index is 14.4. The Morgan fingerprint density at radius 2 is 1.82 bits per heavy atom. The van der Waals surface area contributed by atoms with Crippen LogP contribution in [0.25, 0.3) is 11.4 Å². The summed E-state index contributed by atoms with van der Waals surface area (Å²) in [4.78, 5) is 27.6. The number of hydrogen-bond acceptors (Lipinski definition) is 9. The lowest BCUT2D eigenvalue weighted by Crippen LogP contribution is -2.34. The Hall–Kier alpha value is -3.67. The third-order valence-electron chi connectivity index (χ3n) is 7.02. The predicted molar refractivity (Wildman–Crippen MR) is 138 cm³/mol. The van der Waals surface area contributed by atoms with Gasteiger partial charge in [-0.3, -0.25) is 4.79 Å². The molecule has 2 fully saturated rings. The van der Waals surface area contributed by atoms with Gasteiger partial charge in [-0.2, -0.15) is 4.98 Å². The van der Waals surface area contributed by atoms with Gasteiger partial charge in [0.1, 0.15) is 22.9 Å². The lowest BCUT2D eigenvalue weighted by molar-refractivity contribution is 0.0928. The molecular weight excluding hydrogens is 510 g/mol. The molecule has 2 aromatic heterocycles. The monoisotopic (exact) mass is 542 g/mol. The van der Waals surface area contributed by atoms with Crippen LogP contribution in [0.2, 0.25) is 0 Å². The molecule has 3 aromatic rings. The average Bonchev–Trinajstić information content (AvgIpc) is 3.67. The summed E-state index contributed by atoms with van der Waals surface area (Å²) in [5.41, 5.74) is 0.116. The molecule has 208 valence electrons. The van der Waals surface area contributed by atoms with Crippen LogP contribution < -0.4 is 15.0 Å². The highest BCUT2D eigenvalue weighted by molar-refractivity contribution is 5.94. The third kappa shape index (κ3) is 6.86. The lowest BCUT2D eigenvalue weighted by atomic mass is 9.92. The highest BCUT2D eigenvalue weighted by atomic mass is 19.1. The number of carbonyl (C=O) groups excluding carboxylic acids is 1. The second-order valence-electron chi connectivity index (χ2n) is 9.93. The van der Waals surface area contributed by atoms with E-state index in [1.165, 1.54) is 7.11 Å². The zero-order chi connectivity index (χ0) is 27.2. The number of nitrogens with one attached hydrogen (secondary N) is 1. The number of rotatable bonds is 12. The molecule has 0 unspecified atom stereocenters. The highest BCUT2D eigenvalue weighted by Crippen LogP contribution is 2.39. The van der Waals surface area contributed by atoms with Crippen LogP contribution in [0.3, 0.4) is 0 Å². The number of benzene rings is 1. The van der Waals surface area contributed by atoms with Crippen LogP contribution in [0.4, 0.5) is 14.7 Å². The number of amides is 1. The van der Waals surface area contributed by atoms with Gasteiger partial charge in [0.15, 0.2) is 0 Å². The van der Waals surface area contributed by atoms with Gasteiger partial charge in [0.05, 0.1) is 18.8 Å². The zero-order valence-electron chi connectivity index (χ0n) is 21.9. The summed E-state index contributed by atoms with van der Waals surface area (Å²) in [6.07, 6.45) is 9.37. The van der Waals surface area contributed by atoms with Crippen LogP contribution >= 0.6 is 0 Å². The fraction of sp³-hybridized carbons (Fsp3) is 0.519. The van der Waals surface area contributed by atoms with Crippen LogP contribution in [-0.4, -0.2) is 66.0 Å². The van der Waals surface area contributed by atoms with Crippen LogP contribution in [0.15, 0.2) is 29.0 Å². The molecule has 1 aliphatic heterocycles. The van der Waals surface area contributed by atoms with Crippen molar-refractivity contribution in [2.45, 2.75) is 44.4 Å². The molecule has 1 aromatic carbocycles. The van der Waals surface area contributed by atoms with Crippen LogP contribution in [0.1, 0.15) is 60.7 Å². The first-order chi connectivity index (χ1) is 19.0. The Labute approximate surface area is 225 Å². The van der Waals surface area contributed by atoms with Crippen molar-refractivity contribution in [2.75, 3.05) is 44.9 Å². The molecule has 5 rings (SSSR count). The first-order valence-corrected chi connectivity index (χ1v) is 13.3. The van der Waals surface area contributed by atoms with E-state index < -0.39 is 23.1 Å². The Morgan fingerprint density at radius 1 is 1.10 bits per heavy atom. The van der Waals surface area contributed by atoms with E-state index in [1.807, 2.05) is 0 Å². The van der Waals surface area contributed by atoms with E-state index in [-0.39, 0.29) is 18.9 Å². The number of aromatic nitrogens is 4. The summed E-state index contributed by atoms with van der Waals surface area (Å²) in [5, 5.41) is 6.45. The fourth-order valence-electron chi connectivity index (χ4n) is 4.64. The minimum Gasteiger partial charge on any atom is -0.493 e. The largest absolute Gasteiger partial charge is 0.493 e. The zero-order valence-corrected chi connectivity index (χ0v) is 21.9. The molecule has 0 bridgehead atoms. The number of hydrogen-bond donors (Lipinski definition) is 1. The van der Waals surface area contributed by atoms with Crippen molar-refractivity contribution in [1.29, 1.82) is 0 Å². The number of carbonyl (C=O) groups is 1. The molecule has 0 spiro atoms. The molecule has 12 heteroatoms. The Kier molecular flexibility index (Phi) is 8.60. The van der Waals surface area contributed by atoms with E-state index in [2.05, 4.69) is 30.3 Å². The second-order valence-corrected chi connectivity index (χ2v) is 9.93. The molecule has 39 heavy (non-hydrogen) atoms. The van der Waals surface area contributed by atoms with Gasteiger partial charge in [-0.15, -0.1) is 0 Å². The van der Waals surface area contributed by atoms with Crippen molar-refractivity contribution in [1.82, 2.24) is 25.4 Å². The minimum absolute atomic E-state index is 0.0680. The molecule has 10 nitrogen and oxygen atoms in total. The third-order valence-corrected chi connectivity index (χ3v) is 7.02. The Morgan fingerprint density at radius 3 is 2.49 bits per heavy atom. The molecule has 1 amide bonds. The van der Waals surface area contributed by atoms with Gasteiger partial charge in [0.25, 0.3) is 5.91 Å². The lowest BCUT2D eigenvalue weighted by Gasteiger charge is -2.32. The van der Waals surface area contributed by atoms with Crippen LogP contribution in [0, 0.1) is 17.6 Å². The SMILES string of the molecule is COCCNC(=O)c1c(F)cc(OCCCC2CCN(c3ncc(-c4noc(C5CC5)n4)cn3)CC2)cc1F. The van der Waals surface area contributed by atoms with Gasteiger partial charge in [-0.25, -0.2) is 18.7 Å². The fourth-order valence-corrected chi connectivity index (χ4v) is 4.64. The van der Waals surface area contributed by atoms with E-state index >= 15 is 0 Å². The summed E-state index contributed by atoms with van der Waals surface area (Å²) in [6.45, 7) is 2.45. The topological polar surface area (TPSA) is 116 Å². The van der Waals surface area contributed by atoms with Gasteiger partial charge in [0.2, 0.25) is 17.7 Å². The summed E-state index contributed by atoms with van der Waals surface area (Å²) < 4.78 is 44.4. The summed E-state index contributed by atoms with van der Waals surface area (Å²) >= 11 is 0. The van der Waals surface area contributed by atoms with Crippen molar-refractivity contribution in [3.05, 3.63) is 47.6 Å². The molecular formula is C27H32F2N6O4. The molecule has 1 aliphatic carbocycles. The van der Waals surface area contributed by atoms with Gasteiger partial charge in [-0.05, 0) is 44.4 Å². The second kappa shape index (κ2) is 12.5. The maximum atomic E-state index is 14.4. The van der Waals surface area contributed by atoms with Crippen molar-refractivity contribution in [3.63, 3.8) is 0 Å². The standard InChI is InChI=1S/C27H32F2N6O4/c1-37-12-8-30-25(36)23-21(28)13-20(14-22(23)29)38-11-2-3-17-6-9-35(10-7-17)27-31-15-19(16-32-27)24-33-26(39-34-24)18-4-5-18/h13-18H,2-12H2,1H3,(H,30,36). The highest BCUT2D eigenvalue weighted by Gasteiger charge is 2.30. The molecule has 3 heterocycles. The Balaban J connectivity index is 1.03. The van der Waals surface area contributed by atoms with Crippen molar-refractivity contribution in [2.24, 2.45) is 5.92 Å². The number of piperidine rings is 1. The van der Waals surface area contributed by atoms with Crippen LogP contribution in [0.5, 0.6) is 5.75 Å². The molecule has 0 radical (unpaired) electrons. The van der Waals surface area contributed by atoms with Gasteiger partial charge in [-0.1, -0.05) is 5.16 Å². The molecule has 2 aliphatic rings. The summed E-state index contributed by atoms with van der Waals surface area (Å²) in [6, 6.07) is 2.09. The maximum Gasteiger partial charge on any atom is 0.257 e. The average molecular weight is 543 g/mol. The van der Waals surface area contributed by atoms with E-state index in [0.29, 0.717) is 36.1 Å². The molecule has 1 saturated heterocycles. The predicted octanol–water partition coefficient (Wildman–Crippen LogP) is 4.13. The van der Waals surface area contributed by atoms with Gasteiger partial charge in [0, 0.05) is 57.2 Å². The molecule has 0 atom stereocenters. The number of anilines is 1. The van der Waals surface area contributed by atoms with E-state index in [4.69, 9.17) is 14.0 Å². The van der Waals surface area contributed by atoms with Gasteiger partial charge < -0.3 is 24.2 Å². The molecule has 1 saturated carbocycles.